The number of hydrogen-bond donors (Lipinski definition) is 0. The van der Waals surface area contributed by atoms with Crippen LogP contribution in [0.1, 0.15) is 38.8 Å². The zero-order chi connectivity index (χ0) is 17.3. The van der Waals surface area contributed by atoms with Crippen LogP contribution in [0.15, 0.2) is 73.8 Å². The first-order chi connectivity index (χ1) is 11.4. The summed E-state index contributed by atoms with van der Waals surface area (Å²) in [5.74, 6) is 0. The van der Waals surface area contributed by atoms with Gasteiger partial charge in [-0.05, 0) is 30.0 Å². The number of imidazole rings is 1. The molecule has 122 valence electrons. The molecule has 0 amide bonds. The quantitative estimate of drug-likeness (QED) is 0.595. The van der Waals surface area contributed by atoms with Gasteiger partial charge < -0.3 is 0 Å². The molecular weight excluding hydrogens is 292 g/mol. The summed E-state index contributed by atoms with van der Waals surface area (Å²) in [5, 5.41) is 0. The normalized spacial score (nSPS) is 11.5. The summed E-state index contributed by atoms with van der Waals surface area (Å²) < 4.78 is 4.35. The first kappa shape index (κ1) is 16.3. The molecule has 0 N–H and O–H groups in total. The van der Waals surface area contributed by atoms with Crippen LogP contribution < -0.4 is 4.57 Å². The minimum absolute atomic E-state index is 0.0985. The molecule has 0 aliphatic carbocycles. The Balaban J connectivity index is 2.10. The molecule has 1 aromatic heterocycles. The Morgan fingerprint density at radius 3 is 2.38 bits per heavy atom. The molecule has 1 heterocycles. The maximum absolute atomic E-state index is 4.10. The lowest BCUT2D eigenvalue weighted by Gasteiger charge is -2.20. The Bertz CT molecular complexity index is 879. The van der Waals surface area contributed by atoms with Gasteiger partial charge in [0.25, 0.3) is 6.33 Å². The molecule has 0 radical (unpaired) electrons. The van der Waals surface area contributed by atoms with Crippen molar-refractivity contribution < 1.29 is 4.57 Å². The average Bonchev–Trinajstić information content (AvgIpc) is 3.04. The number of rotatable bonds is 3. The van der Waals surface area contributed by atoms with Gasteiger partial charge in [0.1, 0.15) is 23.8 Å². The van der Waals surface area contributed by atoms with Gasteiger partial charge in [0.2, 0.25) is 0 Å². The highest BCUT2D eigenvalue weighted by molar-refractivity contribution is 5.69. The van der Waals surface area contributed by atoms with Crippen LogP contribution in [-0.4, -0.2) is 4.57 Å². The number of para-hydroxylation sites is 2. The molecule has 2 heteroatoms. The zero-order valence-electron chi connectivity index (χ0n) is 15.0. The Hall–Kier alpha value is -2.61. The van der Waals surface area contributed by atoms with E-state index in [-0.39, 0.29) is 5.41 Å². The van der Waals surface area contributed by atoms with E-state index in [1.165, 1.54) is 16.8 Å². The summed E-state index contributed by atoms with van der Waals surface area (Å²) in [6.07, 6.45) is 6.34. The van der Waals surface area contributed by atoms with Crippen molar-refractivity contribution in [3.63, 3.8) is 0 Å². The summed E-state index contributed by atoms with van der Waals surface area (Å²) in [6, 6.07) is 17.0. The molecule has 0 unspecified atom stereocenters. The van der Waals surface area contributed by atoms with Crippen molar-refractivity contribution in [2.24, 2.45) is 0 Å². The van der Waals surface area contributed by atoms with Gasteiger partial charge >= 0.3 is 0 Å². The molecule has 0 fully saturated rings. The van der Waals surface area contributed by atoms with Gasteiger partial charge in [-0.3, -0.25) is 0 Å². The molecule has 24 heavy (non-hydrogen) atoms. The second-order valence-corrected chi connectivity index (χ2v) is 7.29. The Labute approximate surface area is 144 Å². The third-order valence-electron chi connectivity index (χ3n) is 4.27. The smallest absolute Gasteiger partial charge is 0.202 e. The topological polar surface area (TPSA) is 8.81 Å². The van der Waals surface area contributed by atoms with Crippen LogP contribution >= 0.6 is 0 Å². The number of allylic oxidation sites excluding steroid dienone is 1. The highest BCUT2D eigenvalue weighted by atomic mass is 15.1. The van der Waals surface area contributed by atoms with Crippen LogP contribution in [0.3, 0.4) is 0 Å². The first-order valence-corrected chi connectivity index (χ1v) is 8.32. The van der Waals surface area contributed by atoms with Gasteiger partial charge in [0.05, 0.1) is 0 Å². The van der Waals surface area contributed by atoms with Crippen molar-refractivity contribution in [1.82, 2.24) is 4.57 Å². The molecule has 3 rings (SSSR count). The van der Waals surface area contributed by atoms with E-state index < -0.39 is 0 Å². The van der Waals surface area contributed by atoms with Crippen molar-refractivity contribution in [2.75, 3.05) is 0 Å². The fourth-order valence-electron chi connectivity index (χ4n) is 3.03. The van der Waals surface area contributed by atoms with E-state index >= 15 is 0 Å². The standard InChI is InChI=1S/C22H25N2/c1-17(2)18-10-6-8-12-20(18)23-14-15-24(16-23)21-13-9-7-11-19(21)22(3,4)5/h6-16H,1H2,2-5H3/q+1. The van der Waals surface area contributed by atoms with Crippen molar-refractivity contribution in [3.8, 4) is 11.4 Å². The molecule has 0 atom stereocenters. The van der Waals surface area contributed by atoms with Crippen LogP contribution in [0.25, 0.3) is 16.9 Å². The van der Waals surface area contributed by atoms with E-state index in [0.717, 1.165) is 11.3 Å². The molecule has 0 aliphatic heterocycles. The van der Waals surface area contributed by atoms with Gasteiger partial charge in [0.15, 0.2) is 0 Å². The van der Waals surface area contributed by atoms with E-state index in [4.69, 9.17) is 0 Å². The average molecular weight is 317 g/mol. The molecule has 0 spiro atoms. The van der Waals surface area contributed by atoms with E-state index in [2.05, 4.69) is 104 Å². The number of aromatic nitrogens is 2. The highest BCUT2D eigenvalue weighted by Crippen LogP contribution is 2.26. The van der Waals surface area contributed by atoms with Gasteiger partial charge in [0, 0.05) is 11.1 Å². The van der Waals surface area contributed by atoms with Crippen molar-refractivity contribution >= 4 is 5.57 Å². The lowest BCUT2D eigenvalue weighted by Crippen LogP contribution is -2.32. The fraction of sp³-hybridized carbons (Fsp3) is 0.227. The molecule has 0 saturated heterocycles. The van der Waals surface area contributed by atoms with Crippen molar-refractivity contribution in [3.05, 3.63) is 85.0 Å². The SMILES string of the molecule is C=C(C)c1ccccc1-n1cc[n+](-c2ccccc2C(C)(C)C)c1. The van der Waals surface area contributed by atoms with Gasteiger partial charge in [-0.15, -0.1) is 0 Å². The third-order valence-corrected chi connectivity index (χ3v) is 4.27. The highest BCUT2D eigenvalue weighted by Gasteiger charge is 2.22. The molecular formula is C22H25N2+. The van der Waals surface area contributed by atoms with Gasteiger partial charge in [-0.1, -0.05) is 63.7 Å². The maximum Gasteiger partial charge on any atom is 0.254 e. The van der Waals surface area contributed by atoms with Crippen LogP contribution in [0.4, 0.5) is 0 Å². The fourth-order valence-corrected chi connectivity index (χ4v) is 3.03. The number of benzene rings is 2. The summed E-state index contributed by atoms with van der Waals surface area (Å²) in [6.45, 7) is 12.9. The lowest BCUT2D eigenvalue weighted by atomic mass is 9.86. The number of nitrogens with zero attached hydrogens (tertiary/aromatic N) is 2. The van der Waals surface area contributed by atoms with Gasteiger partial charge in [-0.25, -0.2) is 9.13 Å². The molecule has 2 nitrogen and oxygen atoms in total. The predicted molar refractivity (Wildman–Crippen MR) is 101 cm³/mol. The first-order valence-electron chi connectivity index (χ1n) is 8.32. The van der Waals surface area contributed by atoms with E-state index in [9.17, 15) is 0 Å². The van der Waals surface area contributed by atoms with Crippen LogP contribution in [0.5, 0.6) is 0 Å². The maximum atomic E-state index is 4.10. The Morgan fingerprint density at radius 2 is 1.67 bits per heavy atom. The van der Waals surface area contributed by atoms with Crippen LogP contribution in [-0.2, 0) is 5.41 Å². The van der Waals surface area contributed by atoms with E-state index in [1.807, 2.05) is 6.92 Å². The van der Waals surface area contributed by atoms with Crippen LogP contribution in [0.2, 0.25) is 0 Å². The summed E-state index contributed by atoms with van der Waals surface area (Å²) >= 11 is 0. The largest absolute Gasteiger partial charge is 0.254 e. The van der Waals surface area contributed by atoms with Gasteiger partial charge in [-0.2, -0.15) is 0 Å². The van der Waals surface area contributed by atoms with Crippen LogP contribution in [0, 0.1) is 0 Å². The van der Waals surface area contributed by atoms with E-state index in [0.29, 0.717) is 0 Å². The second kappa shape index (κ2) is 6.12. The minimum atomic E-state index is 0.0985. The summed E-state index contributed by atoms with van der Waals surface area (Å²) in [5.41, 5.74) is 6.04. The van der Waals surface area contributed by atoms with Crippen molar-refractivity contribution in [2.45, 2.75) is 33.1 Å². The molecule has 3 aromatic rings. The second-order valence-electron chi connectivity index (χ2n) is 7.29. The molecule has 0 bridgehead atoms. The molecule has 0 aliphatic rings. The summed E-state index contributed by atoms with van der Waals surface area (Å²) in [7, 11) is 0. The lowest BCUT2D eigenvalue weighted by molar-refractivity contribution is -0.595. The monoisotopic (exact) mass is 317 g/mol. The predicted octanol–water partition coefficient (Wildman–Crippen LogP) is 5.08. The molecule has 0 saturated carbocycles. The minimum Gasteiger partial charge on any atom is -0.202 e. The Morgan fingerprint density at radius 1 is 1.00 bits per heavy atom. The van der Waals surface area contributed by atoms with E-state index in [1.54, 1.807) is 0 Å². The Kier molecular flexibility index (Phi) is 4.15. The molecule has 2 aromatic carbocycles. The number of hydrogen-bond acceptors (Lipinski definition) is 0. The summed E-state index contributed by atoms with van der Waals surface area (Å²) in [4.78, 5) is 0. The zero-order valence-corrected chi connectivity index (χ0v) is 15.0. The van der Waals surface area contributed by atoms with Crippen molar-refractivity contribution in [1.29, 1.82) is 0 Å². The third kappa shape index (κ3) is 3.05.